The average Bonchev–Trinajstić information content (AvgIpc) is 3.03. The van der Waals surface area contributed by atoms with Gasteiger partial charge in [-0.2, -0.15) is 12.8 Å². The Morgan fingerprint density at radius 3 is 1.77 bits per heavy atom. The Morgan fingerprint density at radius 1 is 0.725 bits per heavy atom. The summed E-state index contributed by atoms with van der Waals surface area (Å²) >= 11 is 0. The number of hydrogen-bond acceptors (Lipinski definition) is 3. The quantitative estimate of drug-likeness (QED) is 0.111. The summed E-state index contributed by atoms with van der Waals surface area (Å²) in [6.45, 7) is 15.9. The molecule has 3 rings (SSSR count). The smallest absolute Gasteiger partial charge is 0.541 e. The summed E-state index contributed by atoms with van der Waals surface area (Å²) < 4.78 is 0. The van der Waals surface area contributed by atoms with Crippen LogP contribution in [0.15, 0.2) is 54.6 Å². The Labute approximate surface area is 263 Å². The van der Waals surface area contributed by atoms with Crippen molar-refractivity contribution in [2.75, 3.05) is 19.6 Å². The number of carbonyl (C=O) groups excluding carboxylic acids is 2. The van der Waals surface area contributed by atoms with Gasteiger partial charge >= 0.3 is 21.1 Å². The number of piperidine rings is 1. The monoisotopic (exact) mass is 721 g/mol. The van der Waals surface area contributed by atoms with Crippen LogP contribution in [0.4, 0.5) is 0 Å². The van der Waals surface area contributed by atoms with Crippen LogP contribution < -0.4 is 0 Å². The molecule has 2 aromatic carbocycles. The molecule has 226 valence electrons. The fourth-order valence-electron chi connectivity index (χ4n) is 4.30. The minimum atomic E-state index is 0. The number of nitrogens with zero attached hydrogens (tertiary/aromatic N) is 1. The second-order valence-electron chi connectivity index (χ2n) is 8.84. The number of likely N-dealkylation sites (tertiary alicyclic amines) is 1. The van der Waals surface area contributed by atoms with Crippen LogP contribution >= 0.6 is 0 Å². The molecular formula is C36H59NO2W. The topological polar surface area (TPSA) is 37.4 Å². The van der Waals surface area contributed by atoms with Gasteiger partial charge in [0.2, 0.25) is 0 Å². The van der Waals surface area contributed by atoms with E-state index < -0.39 is 0 Å². The zero-order valence-corrected chi connectivity index (χ0v) is 29.6. The van der Waals surface area contributed by atoms with Crippen LogP contribution in [-0.4, -0.2) is 37.1 Å². The second-order valence-corrected chi connectivity index (χ2v) is 8.84. The van der Waals surface area contributed by atoms with E-state index >= 15 is 0 Å². The first-order chi connectivity index (χ1) is 19.3. The molecule has 0 atom stereocenters. The Bertz CT molecular complexity index is 760. The van der Waals surface area contributed by atoms with Gasteiger partial charge in [0.1, 0.15) is 6.29 Å². The molecule has 40 heavy (non-hydrogen) atoms. The fraction of sp³-hybridized carbons (Fsp3) is 0.583. The molecule has 1 aliphatic heterocycles. The van der Waals surface area contributed by atoms with Gasteiger partial charge in [0.25, 0.3) is 0 Å². The zero-order valence-electron chi connectivity index (χ0n) is 26.6. The molecule has 1 fully saturated rings. The molecule has 0 radical (unpaired) electrons. The van der Waals surface area contributed by atoms with Crippen molar-refractivity contribution < 1.29 is 30.7 Å². The van der Waals surface area contributed by atoms with Gasteiger partial charge in [0, 0.05) is 6.42 Å². The summed E-state index contributed by atoms with van der Waals surface area (Å²) in [5, 5.41) is 0. The number of rotatable bonds is 14. The van der Waals surface area contributed by atoms with Crippen molar-refractivity contribution in [3.8, 4) is 11.1 Å². The van der Waals surface area contributed by atoms with E-state index in [9.17, 15) is 9.59 Å². The molecule has 0 bridgehead atoms. The third-order valence-electron chi connectivity index (χ3n) is 6.21. The van der Waals surface area contributed by atoms with Crippen LogP contribution in [0.2, 0.25) is 0 Å². The van der Waals surface area contributed by atoms with Crippen molar-refractivity contribution in [1.82, 2.24) is 4.90 Å². The van der Waals surface area contributed by atoms with Crippen LogP contribution in [0, 0.1) is 6.42 Å². The van der Waals surface area contributed by atoms with Crippen molar-refractivity contribution in [3.63, 3.8) is 0 Å². The molecule has 0 aliphatic carbocycles. The number of benzene rings is 2. The average molecular weight is 722 g/mol. The van der Waals surface area contributed by atoms with Crippen LogP contribution in [0.1, 0.15) is 118 Å². The van der Waals surface area contributed by atoms with Gasteiger partial charge < -0.3 is 20.9 Å². The zero-order chi connectivity index (χ0) is 29.4. The van der Waals surface area contributed by atoms with Gasteiger partial charge in [-0.3, -0.25) is 6.29 Å². The van der Waals surface area contributed by atoms with E-state index in [1.807, 2.05) is 102 Å². The van der Waals surface area contributed by atoms with Gasteiger partial charge in [-0.25, -0.2) is 0 Å². The fourth-order valence-corrected chi connectivity index (χ4v) is 4.30. The molecule has 1 aliphatic rings. The Balaban J connectivity index is -0.000000569. The maximum Gasteiger partial charge on any atom is 2.00 e. The van der Waals surface area contributed by atoms with Crippen LogP contribution in [0.5, 0.6) is 0 Å². The van der Waals surface area contributed by atoms with E-state index in [4.69, 9.17) is 0 Å². The summed E-state index contributed by atoms with van der Waals surface area (Å²) in [4.78, 5) is 23.2. The van der Waals surface area contributed by atoms with Crippen LogP contribution in [0.25, 0.3) is 11.1 Å². The molecule has 0 N–H and O–H groups in total. The molecule has 0 saturated carbocycles. The van der Waals surface area contributed by atoms with Gasteiger partial charge in [0.15, 0.2) is 0 Å². The maximum absolute atomic E-state index is 10.4. The van der Waals surface area contributed by atoms with E-state index in [0.717, 1.165) is 35.8 Å². The minimum absolute atomic E-state index is 0. The molecule has 0 aromatic heterocycles. The third-order valence-corrected chi connectivity index (χ3v) is 6.21. The summed E-state index contributed by atoms with van der Waals surface area (Å²) in [6, 6.07) is 18.0. The molecule has 1 heterocycles. The van der Waals surface area contributed by atoms with E-state index in [0.29, 0.717) is 6.42 Å². The second kappa shape index (κ2) is 35.5. The number of hydrogen-bond donors (Lipinski definition) is 0. The maximum atomic E-state index is 10.4. The predicted molar refractivity (Wildman–Crippen MR) is 173 cm³/mol. The molecular weight excluding hydrogens is 662 g/mol. The SMILES string of the molecule is CC.CC.CC.O=CCCCCCCCCCCN1CC[CH-]CC1.O=[C-]Cc1ccccc1-c1ccccc1.[W+2]. The molecule has 1 saturated heterocycles. The molecule has 0 unspecified atom stereocenters. The first-order valence-corrected chi connectivity index (χ1v) is 15.8. The Morgan fingerprint density at radius 2 is 1.23 bits per heavy atom. The molecule has 0 spiro atoms. The van der Waals surface area contributed by atoms with Crippen molar-refractivity contribution >= 4 is 12.6 Å². The minimum Gasteiger partial charge on any atom is -0.541 e. The van der Waals surface area contributed by atoms with Gasteiger partial charge in [-0.15, -0.1) is 6.42 Å². The Kier molecular flexibility index (Phi) is 38.0. The molecule has 4 heteroatoms. The van der Waals surface area contributed by atoms with Crippen LogP contribution in [-0.2, 0) is 37.1 Å². The van der Waals surface area contributed by atoms with E-state index in [2.05, 4.69) is 11.3 Å². The summed E-state index contributed by atoms with van der Waals surface area (Å²) in [7, 11) is 0. The van der Waals surface area contributed by atoms with Gasteiger partial charge in [0.05, 0.1) is 0 Å². The van der Waals surface area contributed by atoms with Crippen molar-refractivity contribution in [2.24, 2.45) is 0 Å². The van der Waals surface area contributed by atoms with E-state index in [1.165, 1.54) is 77.4 Å². The Hall–Kier alpha value is -1.57. The third kappa shape index (κ3) is 23.2. The van der Waals surface area contributed by atoms with Crippen LogP contribution in [0.3, 0.4) is 0 Å². The summed E-state index contributed by atoms with van der Waals surface area (Å²) in [6.07, 6.45) is 19.7. The van der Waals surface area contributed by atoms with Gasteiger partial charge in [-0.05, 0) is 43.6 Å². The number of unbranched alkanes of at least 4 members (excludes halogenated alkanes) is 8. The van der Waals surface area contributed by atoms with E-state index in [-0.39, 0.29) is 21.1 Å². The van der Waals surface area contributed by atoms with E-state index in [1.54, 1.807) is 0 Å². The molecule has 3 nitrogen and oxygen atoms in total. The first-order valence-electron chi connectivity index (χ1n) is 15.8. The summed E-state index contributed by atoms with van der Waals surface area (Å²) in [5.74, 6) is 0. The predicted octanol–water partition coefficient (Wildman–Crippen LogP) is 10.1. The molecule has 2 aromatic rings. The van der Waals surface area contributed by atoms with Gasteiger partial charge in [-0.1, -0.05) is 140 Å². The first kappa shape index (κ1) is 42.9. The van der Waals surface area contributed by atoms with Crippen molar-refractivity contribution in [1.29, 1.82) is 0 Å². The standard InChI is InChI=1S/C16H30NO.C14H11O.3C2H6.W/c18-16-12-7-5-3-1-2-4-6-9-13-17-14-10-8-11-15-17;15-11-10-13-8-4-5-9-14(13)12-6-2-1-3-7-12;3*1-2;/h8,16H,1-7,9-15H2;1-9H,10H2;3*1-2H3;/q2*-1;;;;+2. The summed E-state index contributed by atoms with van der Waals surface area (Å²) in [5.41, 5.74) is 3.28. The number of aldehydes is 1. The number of carbonyl (C=O) groups is 1. The van der Waals surface area contributed by atoms with Crippen molar-refractivity contribution in [2.45, 2.75) is 119 Å². The van der Waals surface area contributed by atoms with Crippen molar-refractivity contribution in [3.05, 3.63) is 66.6 Å². The normalized spacial score (nSPS) is 11.8. The largest absolute Gasteiger partial charge is 2.00 e. The molecule has 0 amide bonds.